The second kappa shape index (κ2) is 12.4. The number of nitrogens with zero attached hydrogens (tertiary/aromatic N) is 1. The van der Waals surface area contributed by atoms with Crippen molar-refractivity contribution in [2.75, 3.05) is 24.7 Å². The van der Waals surface area contributed by atoms with Crippen LogP contribution in [0.15, 0.2) is 53.5 Å². The molecule has 7 heteroatoms. The van der Waals surface area contributed by atoms with Crippen molar-refractivity contribution in [1.29, 1.82) is 0 Å². The van der Waals surface area contributed by atoms with E-state index in [0.717, 1.165) is 17.8 Å². The van der Waals surface area contributed by atoms with Gasteiger partial charge in [-0.2, -0.15) is 0 Å². The van der Waals surface area contributed by atoms with E-state index in [1.807, 2.05) is 33.8 Å². The molecule has 168 valence electrons. The first kappa shape index (κ1) is 25.7. The van der Waals surface area contributed by atoms with Gasteiger partial charge in [0.1, 0.15) is 17.3 Å². The molecule has 0 aliphatic carbocycles. The molecular formula is C24H31F2N3O2. The summed E-state index contributed by atoms with van der Waals surface area (Å²) in [6, 6.07) is 10.1. The molecule has 3 rings (SSSR count). The molecule has 0 spiro atoms. The lowest BCUT2D eigenvalue weighted by molar-refractivity contribution is 0.439. The van der Waals surface area contributed by atoms with Crippen molar-refractivity contribution in [3.05, 3.63) is 70.6 Å². The minimum Gasteiger partial charge on any atom is -0.454 e. The molecule has 0 bridgehead atoms. The zero-order valence-electron chi connectivity index (χ0n) is 19.1. The lowest BCUT2D eigenvalue weighted by Gasteiger charge is -2.15. The molecule has 3 aromatic rings. The van der Waals surface area contributed by atoms with Crippen LogP contribution < -0.4 is 20.9 Å². The summed E-state index contributed by atoms with van der Waals surface area (Å²) in [4.78, 5) is 12.1. The van der Waals surface area contributed by atoms with Crippen LogP contribution in [-0.2, 0) is 7.05 Å². The SMILES string of the molecule is CC.CC.CNc1ccc(Oc2ccc(F)cc2F)c(-c2cc(NC)c(=O)n(C)c2)c1. The van der Waals surface area contributed by atoms with Crippen LogP contribution >= 0.6 is 0 Å². The van der Waals surface area contributed by atoms with Crippen LogP contribution in [0.2, 0.25) is 0 Å². The predicted molar refractivity (Wildman–Crippen MR) is 125 cm³/mol. The van der Waals surface area contributed by atoms with Crippen molar-refractivity contribution in [1.82, 2.24) is 4.57 Å². The van der Waals surface area contributed by atoms with Crippen molar-refractivity contribution in [2.45, 2.75) is 27.7 Å². The number of nitrogens with one attached hydrogen (secondary N) is 2. The van der Waals surface area contributed by atoms with Gasteiger partial charge in [-0.05, 0) is 36.4 Å². The van der Waals surface area contributed by atoms with Gasteiger partial charge in [-0.25, -0.2) is 8.78 Å². The van der Waals surface area contributed by atoms with E-state index >= 15 is 0 Å². The molecule has 1 heterocycles. The van der Waals surface area contributed by atoms with Gasteiger partial charge < -0.3 is 19.9 Å². The number of aromatic nitrogens is 1. The molecule has 0 aliphatic rings. The van der Waals surface area contributed by atoms with Gasteiger partial charge in [-0.15, -0.1) is 0 Å². The fourth-order valence-electron chi connectivity index (χ4n) is 2.71. The van der Waals surface area contributed by atoms with Gasteiger partial charge in [0.15, 0.2) is 11.6 Å². The van der Waals surface area contributed by atoms with Gasteiger partial charge in [-0.3, -0.25) is 4.79 Å². The third-order valence-corrected chi connectivity index (χ3v) is 4.15. The molecule has 31 heavy (non-hydrogen) atoms. The van der Waals surface area contributed by atoms with Gasteiger partial charge in [0.25, 0.3) is 5.56 Å². The Labute approximate surface area is 182 Å². The van der Waals surface area contributed by atoms with E-state index in [-0.39, 0.29) is 11.3 Å². The Morgan fingerprint density at radius 3 is 2.10 bits per heavy atom. The van der Waals surface area contributed by atoms with E-state index in [9.17, 15) is 13.6 Å². The Bertz CT molecular complexity index is 1050. The van der Waals surface area contributed by atoms with E-state index in [4.69, 9.17) is 4.74 Å². The van der Waals surface area contributed by atoms with E-state index < -0.39 is 11.6 Å². The maximum atomic E-state index is 14.0. The highest BCUT2D eigenvalue weighted by atomic mass is 19.1. The number of halogens is 2. The van der Waals surface area contributed by atoms with Crippen molar-refractivity contribution < 1.29 is 13.5 Å². The maximum Gasteiger partial charge on any atom is 0.273 e. The minimum atomic E-state index is -0.796. The Morgan fingerprint density at radius 1 is 0.871 bits per heavy atom. The average molecular weight is 432 g/mol. The maximum absolute atomic E-state index is 14.0. The fraction of sp³-hybridized carbons (Fsp3) is 0.292. The first-order valence-corrected chi connectivity index (χ1v) is 10.3. The molecule has 1 aromatic heterocycles. The number of anilines is 2. The summed E-state index contributed by atoms with van der Waals surface area (Å²) in [6.07, 6.45) is 1.67. The van der Waals surface area contributed by atoms with Crippen LogP contribution in [0, 0.1) is 11.6 Å². The van der Waals surface area contributed by atoms with Crippen molar-refractivity contribution in [2.24, 2.45) is 7.05 Å². The Kier molecular flexibility index (Phi) is 10.2. The summed E-state index contributed by atoms with van der Waals surface area (Å²) >= 11 is 0. The molecule has 0 aliphatic heterocycles. The van der Waals surface area contributed by atoms with E-state index in [1.54, 1.807) is 45.5 Å². The first-order chi connectivity index (χ1) is 14.9. The Morgan fingerprint density at radius 2 is 1.52 bits per heavy atom. The number of rotatable bonds is 5. The van der Waals surface area contributed by atoms with Gasteiger partial charge in [0.05, 0.1) is 0 Å². The summed E-state index contributed by atoms with van der Waals surface area (Å²) in [5.41, 5.74) is 2.42. The Hall–Kier alpha value is -3.35. The second-order valence-electron chi connectivity index (χ2n) is 5.95. The Balaban J connectivity index is 0.00000113. The first-order valence-electron chi connectivity index (χ1n) is 10.3. The van der Waals surface area contributed by atoms with Gasteiger partial charge in [0.2, 0.25) is 0 Å². The number of benzene rings is 2. The highest BCUT2D eigenvalue weighted by molar-refractivity contribution is 5.76. The number of hydrogen-bond acceptors (Lipinski definition) is 4. The third kappa shape index (κ3) is 6.31. The zero-order valence-corrected chi connectivity index (χ0v) is 19.1. The summed E-state index contributed by atoms with van der Waals surface area (Å²) in [6.45, 7) is 8.00. The van der Waals surface area contributed by atoms with Gasteiger partial charge >= 0.3 is 0 Å². The largest absolute Gasteiger partial charge is 0.454 e. The number of hydrogen-bond donors (Lipinski definition) is 2. The quantitative estimate of drug-likeness (QED) is 0.501. The molecule has 0 unspecified atom stereocenters. The molecule has 0 fully saturated rings. The van der Waals surface area contributed by atoms with Gasteiger partial charge in [-0.1, -0.05) is 27.7 Å². The molecule has 2 aromatic carbocycles. The molecule has 0 atom stereocenters. The van der Waals surface area contributed by atoms with Crippen LogP contribution in [-0.4, -0.2) is 18.7 Å². The molecule has 0 radical (unpaired) electrons. The summed E-state index contributed by atoms with van der Waals surface area (Å²) in [5, 5.41) is 5.91. The van der Waals surface area contributed by atoms with Crippen LogP contribution in [0.1, 0.15) is 27.7 Å². The number of aryl methyl sites for hydroxylation is 1. The zero-order chi connectivity index (χ0) is 23.6. The molecule has 0 saturated carbocycles. The van der Waals surface area contributed by atoms with E-state index in [1.165, 1.54) is 10.6 Å². The summed E-state index contributed by atoms with van der Waals surface area (Å²) in [7, 11) is 5.09. The number of ether oxygens (including phenoxy) is 1. The lowest BCUT2D eigenvalue weighted by Crippen LogP contribution is -2.19. The molecule has 5 nitrogen and oxygen atoms in total. The topological polar surface area (TPSA) is 55.3 Å². The van der Waals surface area contributed by atoms with Crippen LogP contribution in [0.5, 0.6) is 11.5 Å². The number of pyridine rings is 1. The molecule has 0 amide bonds. The molecule has 0 saturated heterocycles. The fourth-order valence-corrected chi connectivity index (χ4v) is 2.71. The van der Waals surface area contributed by atoms with Crippen LogP contribution in [0.3, 0.4) is 0 Å². The molecule has 2 N–H and O–H groups in total. The highest BCUT2D eigenvalue weighted by Gasteiger charge is 2.14. The van der Waals surface area contributed by atoms with Crippen molar-refractivity contribution in [3.8, 4) is 22.6 Å². The van der Waals surface area contributed by atoms with E-state index in [0.29, 0.717) is 22.6 Å². The molecular weight excluding hydrogens is 400 g/mol. The van der Waals surface area contributed by atoms with Crippen LogP contribution in [0.4, 0.5) is 20.2 Å². The van der Waals surface area contributed by atoms with Crippen LogP contribution in [0.25, 0.3) is 11.1 Å². The predicted octanol–water partition coefficient (Wildman–Crippen LogP) is 6.26. The van der Waals surface area contributed by atoms with Crippen molar-refractivity contribution >= 4 is 11.4 Å². The summed E-state index contributed by atoms with van der Waals surface area (Å²) < 4.78 is 34.3. The lowest BCUT2D eigenvalue weighted by atomic mass is 10.0. The third-order valence-electron chi connectivity index (χ3n) is 4.15. The second-order valence-corrected chi connectivity index (χ2v) is 5.95. The van der Waals surface area contributed by atoms with Crippen molar-refractivity contribution in [3.63, 3.8) is 0 Å². The normalized spacial score (nSPS) is 9.58. The smallest absolute Gasteiger partial charge is 0.273 e. The average Bonchev–Trinajstić information content (AvgIpc) is 2.80. The van der Waals surface area contributed by atoms with Gasteiger partial charge in [0, 0.05) is 50.2 Å². The highest BCUT2D eigenvalue weighted by Crippen LogP contribution is 2.36. The summed E-state index contributed by atoms with van der Waals surface area (Å²) in [5.74, 6) is -1.19. The standard InChI is InChI=1S/C20H19F2N3O2.2C2H6/c1-23-14-5-7-18(27-19-6-4-13(21)9-16(19)22)15(10-14)12-8-17(24-2)20(26)25(3)11-12;2*1-2/h4-11,23-24H,1-3H3;2*1-2H3. The minimum absolute atomic E-state index is 0.0893. The monoisotopic (exact) mass is 431 g/mol. The van der Waals surface area contributed by atoms with E-state index in [2.05, 4.69) is 10.6 Å².